The first-order valence-corrected chi connectivity index (χ1v) is 7.04. The van der Waals surface area contributed by atoms with Gasteiger partial charge in [-0.05, 0) is 37.6 Å². The van der Waals surface area contributed by atoms with Crippen LogP contribution in [0.25, 0.3) is 0 Å². The molecule has 0 aromatic heterocycles. The van der Waals surface area contributed by atoms with E-state index in [1.165, 1.54) is 0 Å². The van der Waals surface area contributed by atoms with E-state index in [-0.39, 0.29) is 0 Å². The molecular formula is C14H20BrNO2. The highest BCUT2D eigenvalue weighted by molar-refractivity contribution is 9.10. The number of hydrogen-bond donors (Lipinski definition) is 2. The lowest BCUT2D eigenvalue weighted by molar-refractivity contribution is -0.142. The Balaban J connectivity index is 2.72. The molecule has 0 aliphatic carbocycles. The fourth-order valence-corrected chi connectivity index (χ4v) is 2.07. The van der Waals surface area contributed by atoms with E-state index in [2.05, 4.69) is 28.2 Å². The molecular weight excluding hydrogens is 294 g/mol. The maximum absolute atomic E-state index is 11.4. The molecule has 100 valence electrons. The molecule has 1 atom stereocenters. The van der Waals surface area contributed by atoms with Gasteiger partial charge in [0.2, 0.25) is 0 Å². The molecule has 0 amide bonds. The average Bonchev–Trinajstić information content (AvgIpc) is 2.32. The lowest BCUT2D eigenvalue weighted by atomic mass is 9.94. The van der Waals surface area contributed by atoms with Crippen LogP contribution in [0, 0.1) is 0 Å². The van der Waals surface area contributed by atoms with Crippen LogP contribution >= 0.6 is 15.9 Å². The molecule has 3 nitrogen and oxygen atoms in total. The SMILES string of the molecule is CCCCCC(C)(Nc1ccc(Br)cc1)C(=O)O. The minimum atomic E-state index is -0.900. The normalized spacial score (nSPS) is 13.9. The van der Waals surface area contributed by atoms with E-state index in [9.17, 15) is 9.90 Å². The monoisotopic (exact) mass is 313 g/mol. The topological polar surface area (TPSA) is 49.3 Å². The summed E-state index contributed by atoms with van der Waals surface area (Å²) >= 11 is 3.36. The van der Waals surface area contributed by atoms with Crippen LogP contribution in [0.1, 0.15) is 39.5 Å². The van der Waals surface area contributed by atoms with Gasteiger partial charge < -0.3 is 10.4 Å². The van der Waals surface area contributed by atoms with Crippen molar-refractivity contribution < 1.29 is 9.90 Å². The van der Waals surface area contributed by atoms with Crippen LogP contribution in [-0.4, -0.2) is 16.6 Å². The number of benzene rings is 1. The number of halogens is 1. The molecule has 0 fully saturated rings. The summed E-state index contributed by atoms with van der Waals surface area (Å²) in [5.41, 5.74) is -0.0668. The van der Waals surface area contributed by atoms with Crippen molar-refractivity contribution in [2.75, 3.05) is 5.32 Å². The predicted molar refractivity (Wildman–Crippen MR) is 77.9 cm³/mol. The molecule has 1 aromatic rings. The fourth-order valence-electron chi connectivity index (χ4n) is 1.80. The Morgan fingerprint density at radius 1 is 1.33 bits per heavy atom. The van der Waals surface area contributed by atoms with Crippen molar-refractivity contribution in [3.05, 3.63) is 28.7 Å². The molecule has 1 unspecified atom stereocenters. The van der Waals surface area contributed by atoms with Crippen molar-refractivity contribution >= 4 is 27.6 Å². The van der Waals surface area contributed by atoms with E-state index in [1.807, 2.05) is 24.3 Å². The van der Waals surface area contributed by atoms with Gasteiger partial charge in [-0.3, -0.25) is 0 Å². The Morgan fingerprint density at radius 3 is 2.44 bits per heavy atom. The smallest absolute Gasteiger partial charge is 0.329 e. The zero-order valence-electron chi connectivity index (χ0n) is 10.9. The molecule has 1 aromatic carbocycles. The van der Waals surface area contributed by atoms with Crippen molar-refractivity contribution in [2.45, 2.75) is 45.1 Å². The summed E-state index contributed by atoms with van der Waals surface area (Å²) in [6, 6.07) is 7.56. The Kier molecular flexibility index (Phi) is 5.66. The third-order valence-electron chi connectivity index (χ3n) is 3.02. The van der Waals surface area contributed by atoms with Crippen LogP contribution in [0.15, 0.2) is 28.7 Å². The molecule has 2 N–H and O–H groups in total. The first-order valence-electron chi connectivity index (χ1n) is 6.25. The van der Waals surface area contributed by atoms with Gasteiger partial charge in [0.15, 0.2) is 0 Å². The Labute approximate surface area is 117 Å². The van der Waals surface area contributed by atoms with E-state index in [0.717, 1.165) is 29.4 Å². The zero-order chi connectivity index (χ0) is 13.6. The van der Waals surface area contributed by atoms with Crippen molar-refractivity contribution in [1.82, 2.24) is 0 Å². The average molecular weight is 314 g/mol. The number of rotatable bonds is 7. The number of nitrogens with one attached hydrogen (secondary N) is 1. The highest BCUT2D eigenvalue weighted by Crippen LogP contribution is 2.23. The Morgan fingerprint density at radius 2 is 1.94 bits per heavy atom. The molecule has 0 aliphatic rings. The Bertz CT molecular complexity index is 391. The van der Waals surface area contributed by atoms with E-state index in [0.29, 0.717) is 6.42 Å². The first kappa shape index (κ1) is 15.0. The van der Waals surface area contributed by atoms with Crippen molar-refractivity contribution in [1.29, 1.82) is 0 Å². The molecule has 0 radical (unpaired) electrons. The van der Waals surface area contributed by atoms with Crippen molar-refractivity contribution in [3.63, 3.8) is 0 Å². The summed E-state index contributed by atoms with van der Waals surface area (Å²) in [5.74, 6) is -0.804. The maximum Gasteiger partial charge on any atom is 0.329 e. The second-order valence-electron chi connectivity index (χ2n) is 4.73. The summed E-state index contributed by atoms with van der Waals surface area (Å²) in [5, 5.41) is 12.5. The predicted octanol–water partition coefficient (Wildman–Crippen LogP) is 4.28. The number of carboxylic acids is 1. The van der Waals surface area contributed by atoms with Gasteiger partial charge in [-0.25, -0.2) is 4.79 Å². The molecule has 0 heterocycles. The van der Waals surface area contributed by atoms with Crippen LogP contribution < -0.4 is 5.32 Å². The van der Waals surface area contributed by atoms with Crippen molar-refractivity contribution in [3.8, 4) is 0 Å². The van der Waals surface area contributed by atoms with Crippen LogP contribution in [0.3, 0.4) is 0 Å². The van der Waals surface area contributed by atoms with Gasteiger partial charge in [-0.15, -0.1) is 0 Å². The number of anilines is 1. The molecule has 0 saturated carbocycles. The van der Waals surface area contributed by atoms with Gasteiger partial charge >= 0.3 is 5.97 Å². The molecule has 4 heteroatoms. The van der Waals surface area contributed by atoms with E-state index in [1.54, 1.807) is 6.92 Å². The highest BCUT2D eigenvalue weighted by atomic mass is 79.9. The van der Waals surface area contributed by atoms with Gasteiger partial charge in [0.05, 0.1) is 0 Å². The van der Waals surface area contributed by atoms with Gasteiger partial charge in [-0.1, -0.05) is 42.1 Å². The number of carboxylic acid groups (broad SMARTS) is 1. The zero-order valence-corrected chi connectivity index (χ0v) is 12.5. The van der Waals surface area contributed by atoms with Crippen LogP contribution in [0.5, 0.6) is 0 Å². The van der Waals surface area contributed by atoms with E-state index in [4.69, 9.17) is 0 Å². The summed E-state index contributed by atoms with van der Waals surface area (Å²) in [6.45, 7) is 3.85. The molecule has 0 saturated heterocycles. The molecule has 0 bridgehead atoms. The summed E-state index contributed by atoms with van der Waals surface area (Å²) in [4.78, 5) is 11.4. The lowest BCUT2D eigenvalue weighted by Crippen LogP contribution is -2.43. The van der Waals surface area contributed by atoms with Gasteiger partial charge in [0.1, 0.15) is 5.54 Å². The second kappa shape index (κ2) is 6.78. The molecule has 0 aliphatic heterocycles. The molecule has 18 heavy (non-hydrogen) atoms. The van der Waals surface area contributed by atoms with Crippen LogP contribution in [0.4, 0.5) is 5.69 Å². The summed E-state index contributed by atoms with van der Waals surface area (Å²) in [7, 11) is 0. The third-order valence-corrected chi connectivity index (χ3v) is 3.55. The summed E-state index contributed by atoms with van der Waals surface area (Å²) in [6.07, 6.45) is 3.70. The Hall–Kier alpha value is -1.03. The third kappa shape index (κ3) is 4.33. The maximum atomic E-state index is 11.4. The standard InChI is InChI=1S/C14H20BrNO2/c1-3-4-5-10-14(2,13(17)18)16-12-8-6-11(15)7-9-12/h6-9,16H,3-5,10H2,1-2H3,(H,17,18). The largest absolute Gasteiger partial charge is 0.480 e. The molecule has 0 spiro atoms. The first-order chi connectivity index (χ1) is 8.48. The summed E-state index contributed by atoms with van der Waals surface area (Å²) < 4.78 is 0.982. The number of unbranched alkanes of at least 4 members (excludes halogenated alkanes) is 2. The quantitative estimate of drug-likeness (QED) is 0.738. The number of hydrogen-bond acceptors (Lipinski definition) is 2. The van der Waals surface area contributed by atoms with E-state index < -0.39 is 11.5 Å². The minimum absolute atomic E-state index is 0.631. The minimum Gasteiger partial charge on any atom is -0.480 e. The van der Waals surface area contributed by atoms with E-state index >= 15 is 0 Å². The van der Waals surface area contributed by atoms with Crippen LogP contribution in [-0.2, 0) is 4.79 Å². The number of carbonyl (C=O) groups is 1. The lowest BCUT2D eigenvalue weighted by Gasteiger charge is -2.27. The second-order valence-corrected chi connectivity index (χ2v) is 5.64. The van der Waals surface area contributed by atoms with Gasteiger partial charge in [0, 0.05) is 10.2 Å². The fraction of sp³-hybridized carbons (Fsp3) is 0.500. The van der Waals surface area contributed by atoms with Crippen molar-refractivity contribution in [2.24, 2.45) is 0 Å². The number of aliphatic carboxylic acids is 1. The van der Waals surface area contributed by atoms with Crippen LogP contribution in [0.2, 0.25) is 0 Å². The highest BCUT2D eigenvalue weighted by Gasteiger charge is 2.32. The van der Waals surface area contributed by atoms with Gasteiger partial charge in [-0.2, -0.15) is 0 Å². The molecule has 1 rings (SSSR count). The van der Waals surface area contributed by atoms with Gasteiger partial charge in [0.25, 0.3) is 0 Å².